The van der Waals surface area contributed by atoms with Crippen molar-refractivity contribution in [2.75, 3.05) is 13.1 Å². The van der Waals surface area contributed by atoms with Gasteiger partial charge < -0.3 is 8.98 Å². The summed E-state index contributed by atoms with van der Waals surface area (Å²) in [4.78, 5) is 6.63. The van der Waals surface area contributed by atoms with Crippen molar-refractivity contribution in [1.29, 1.82) is 0 Å². The molecule has 0 spiro atoms. The molecule has 2 fully saturated rings. The van der Waals surface area contributed by atoms with Gasteiger partial charge in [-0.2, -0.15) is 26.3 Å². The van der Waals surface area contributed by atoms with Crippen molar-refractivity contribution >= 4 is 11.1 Å². The molecule has 2 aliphatic rings. The lowest BCUT2D eigenvalue weighted by Gasteiger charge is -2.41. The lowest BCUT2D eigenvalue weighted by molar-refractivity contribution is -0.205. The molecule has 0 unspecified atom stereocenters. The second kappa shape index (κ2) is 10.7. The number of aromatic nitrogens is 4. The van der Waals surface area contributed by atoms with Crippen LogP contribution < -0.4 is 0 Å². The zero-order valence-electron chi connectivity index (χ0n) is 23.2. The SMILES string of the molecule is C[C@H]1CCCN(Cc2cc(C(F)(F)F)c3oc(-c4cccc([C@@H](c5nncn5C)C5CC(C(F)(F)F)C5)c4)nc3c2)C1. The molecule has 0 amide bonds. The largest absolute Gasteiger partial charge is 0.435 e. The standard InChI is InChI=1S/C30H31F6N5O/c1-17-5-4-8-41(14-17)15-18-9-23(30(34,35)36)26-24(10-18)38-28(42-26)20-7-3-6-19(11-20)25(27-39-37-16-40(27)2)21-12-22(13-21)29(31,32)33/h3,6-7,9-11,16-17,21-22,25H,4-5,8,12-15H2,1-2H3/t17-,21?,22?,25+/m0/s1. The highest BCUT2D eigenvalue weighted by atomic mass is 19.4. The van der Waals surface area contributed by atoms with E-state index in [-0.39, 0.29) is 35.7 Å². The van der Waals surface area contributed by atoms with E-state index in [1.54, 1.807) is 41.9 Å². The number of halogens is 6. The highest BCUT2D eigenvalue weighted by Gasteiger charge is 2.51. The quantitative estimate of drug-likeness (QED) is 0.216. The monoisotopic (exact) mass is 591 g/mol. The Morgan fingerprint density at radius 3 is 2.52 bits per heavy atom. The first-order chi connectivity index (χ1) is 19.9. The molecule has 1 aliphatic heterocycles. The second-order valence-corrected chi connectivity index (χ2v) is 11.9. The number of likely N-dealkylation sites (tertiary alicyclic amines) is 1. The van der Waals surface area contributed by atoms with E-state index >= 15 is 0 Å². The summed E-state index contributed by atoms with van der Waals surface area (Å²) in [6.45, 7) is 4.19. The number of benzene rings is 2. The Morgan fingerprint density at radius 2 is 1.86 bits per heavy atom. The van der Waals surface area contributed by atoms with Crippen molar-refractivity contribution < 1.29 is 30.8 Å². The first-order valence-electron chi connectivity index (χ1n) is 14.1. The second-order valence-electron chi connectivity index (χ2n) is 11.9. The third-order valence-electron chi connectivity index (χ3n) is 8.63. The van der Waals surface area contributed by atoms with Crippen LogP contribution in [-0.4, -0.2) is 43.9 Å². The molecule has 2 aromatic carbocycles. The summed E-state index contributed by atoms with van der Waals surface area (Å²) in [5.74, 6) is -1.16. The molecule has 42 heavy (non-hydrogen) atoms. The number of aryl methyl sites for hydroxylation is 1. The average molecular weight is 592 g/mol. The van der Waals surface area contributed by atoms with Crippen molar-refractivity contribution in [2.24, 2.45) is 24.8 Å². The fourth-order valence-corrected chi connectivity index (χ4v) is 6.48. The molecule has 1 saturated carbocycles. The Balaban J connectivity index is 1.35. The number of oxazole rings is 1. The van der Waals surface area contributed by atoms with Gasteiger partial charge in [0.1, 0.15) is 23.2 Å². The van der Waals surface area contributed by atoms with Gasteiger partial charge in [-0.05, 0) is 79.5 Å². The van der Waals surface area contributed by atoms with Crippen LogP contribution in [0.3, 0.4) is 0 Å². The van der Waals surface area contributed by atoms with Gasteiger partial charge in [0.15, 0.2) is 5.58 Å². The van der Waals surface area contributed by atoms with Crippen LogP contribution >= 0.6 is 0 Å². The number of hydrogen-bond acceptors (Lipinski definition) is 5. The molecule has 12 heteroatoms. The zero-order valence-corrected chi connectivity index (χ0v) is 23.2. The number of fused-ring (bicyclic) bond motifs is 1. The van der Waals surface area contributed by atoms with Crippen molar-refractivity contribution in [2.45, 2.75) is 57.4 Å². The Labute approximate surface area is 238 Å². The van der Waals surface area contributed by atoms with E-state index in [0.29, 0.717) is 35.0 Å². The number of alkyl halides is 6. The van der Waals surface area contributed by atoms with Gasteiger partial charge in [0.25, 0.3) is 0 Å². The van der Waals surface area contributed by atoms with Gasteiger partial charge in [-0.1, -0.05) is 19.1 Å². The van der Waals surface area contributed by atoms with E-state index in [2.05, 4.69) is 27.0 Å². The maximum absolute atomic E-state index is 14.2. The number of piperidine rings is 1. The lowest BCUT2D eigenvalue weighted by Crippen LogP contribution is -2.39. The van der Waals surface area contributed by atoms with E-state index in [4.69, 9.17) is 4.42 Å². The third-order valence-corrected chi connectivity index (χ3v) is 8.63. The predicted octanol–water partition coefficient (Wildman–Crippen LogP) is 7.59. The highest BCUT2D eigenvalue weighted by molar-refractivity contribution is 5.81. The summed E-state index contributed by atoms with van der Waals surface area (Å²) in [6.07, 6.45) is -5.37. The Bertz CT molecular complexity index is 1570. The summed E-state index contributed by atoms with van der Waals surface area (Å²) in [6, 6.07) is 9.67. The van der Waals surface area contributed by atoms with Gasteiger partial charge in [0.05, 0.1) is 5.92 Å². The first-order valence-corrected chi connectivity index (χ1v) is 14.1. The van der Waals surface area contributed by atoms with Crippen molar-refractivity contribution in [3.63, 3.8) is 0 Å². The van der Waals surface area contributed by atoms with Crippen LogP contribution in [0.5, 0.6) is 0 Å². The first kappa shape index (κ1) is 28.7. The molecule has 0 N–H and O–H groups in total. The average Bonchev–Trinajstić information content (AvgIpc) is 3.50. The van der Waals surface area contributed by atoms with E-state index < -0.39 is 29.8 Å². The number of hydrogen-bond donors (Lipinski definition) is 0. The van der Waals surface area contributed by atoms with Crippen LogP contribution in [0, 0.1) is 17.8 Å². The summed E-state index contributed by atoms with van der Waals surface area (Å²) in [7, 11) is 1.73. The van der Waals surface area contributed by atoms with E-state index in [1.165, 1.54) is 6.33 Å². The molecule has 4 aromatic rings. The molecule has 0 bridgehead atoms. The molecule has 0 radical (unpaired) electrons. The molecule has 2 atom stereocenters. The van der Waals surface area contributed by atoms with E-state index in [0.717, 1.165) is 32.0 Å². The minimum absolute atomic E-state index is 0.0135. The molecule has 1 saturated heterocycles. The normalized spacial score (nSPS) is 22.8. The highest BCUT2D eigenvalue weighted by Crippen LogP contribution is 2.52. The van der Waals surface area contributed by atoms with Crippen LogP contribution in [0.2, 0.25) is 0 Å². The van der Waals surface area contributed by atoms with Crippen molar-refractivity contribution in [3.8, 4) is 11.5 Å². The number of nitrogens with zero attached hydrogens (tertiary/aromatic N) is 5. The van der Waals surface area contributed by atoms with Gasteiger partial charge in [0, 0.05) is 31.6 Å². The van der Waals surface area contributed by atoms with Crippen LogP contribution in [0.1, 0.15) is 61.0 Å². The molecule has 3 heterocycles. The minimum atomic E-state index is -4.64. The van der Waals surface area contributed by atoms with Gasteiger partial charge in [-0.15, -0.1) is 10.2 Å². The van der Waals surface area contributed by atoms with Gasteiger partial charge in [0.2, 0.25) is 5.89 Å². The zero-order chi connectivity index (χ0) is 29.8. The Morgan fingerprint density at radius 1 is 1.07 bits per heavy atom. The van der Waals surface area contributed by atoms with E-state index in [1.807, 2.05) is 0 Å². The predicted molar refractivity (Wildman–Crippen MR) is 143 cm³/mol. The van der Waals surface area contributed by atoms with E-state index in [9.17, 15) is 26.3 Å². The van der Waals surface area contributed by atoms with Gasteiger partial charge >= 0.3 is 12.4 Å². The lowest BCUT2D eigenvalue weighted by atomic mass is 9.66. The minimum Gasteiger partial charge on any atom is -0.435 e. The van der Waals surface area contributed by atoms with Crippen molar-refractivity contribution in [1.82, 2.24) is 24.6 Å². The molecular weight excluding hydrogens is 560 g/mol. The Kier molecular flexibility index (Phi) is 7.31. The van der Waals surface area contributed by atoms with Gasteiger partial charge in [-0.25, -0.2) is 4.98 Å². The smallest absolute Gasteiger partial charge is 0.420 e. The van der Waals surface area contributed by atoms with Crippen LogP contribution in [0.4, 0.5) is 26.3 Å². The fourth-order valence-electron chi connectivity index (χ4n) is 6.48. The molecule has 6 rings (SSSR count). The molecule has 224 valence electrons. The maximum atomic E-state index is 14.2. The fraction of sp³-hybridized carbons (Fsp3) is 0.500. The summed E-state index contributed by atoms with van der Waals surface area (Å²) < 4.78 is 89.9. The van der Waals surface area contributed by atoms with Crippen molar-refractivity contribution in [3.05, 3.63) is 65.2 Å². The molecule has 2 aromatic heterocycles. The Hall–Kier alpha value is -3.41. The molecule has 6 nitrogen and oxygen atoms in total. The van der Waals surface area contributed by atoms with Crippen LogP contribution in [-0.2, 0) is 19.8 Å². The summed E-state index contributed by atoms with van der Waals surface area (Å²) in [5.41, 5.74) is 0.524. The molecular formula is C30H31F6N5O. The molecule has 1 aliphatic carbocycles. The summed E-state index contributed by atoms with van der Waals surface area (Å²) >= 11 is 0. The van der Waals surface area contributed by atoms with Crippen LogP contribution in [0.25, 0.3) is 22.6 Å². The maximum Gasteiger partial charge on any atom is 0.420 e. The number of rotatable bonds is 6. The van der Waals surface area contributed by atoms with Crippen LogP contribution in [0.15, 0.2) is 47.1 Å². The van der Waals surface area contributed by atoms with Gasteiger partial charge in [-0.3, -0.25) is 4.90 Å². The topological polar surface area (TPSA) is 60.0 Å². The third kappa shape index (κ3) is 5.65. The summed E-state index contributed by atoms with van der Waals surface area (Å²) in [5, 5.41) is 8.11.